The van der Waals surface area contributed by atoms with Gasteiger partial charge in [0.1, 0.15) is 12.4 Å². The van der Waals surface area contributed by atoms with E-state index < -0.39 is 0 Å². The Morgan fingerprint density at radius 1 is 0.935 bits per heavy atom. The third-order valence-electron chi connectivity index (χ3n) is 5.08. The van der Waals surface area contributed by atoms with Gasteiger partial charge in [-0.15, -0.1) is 0 Å². The van der Waals surface area contributed by atoms with E-state index in [2.05, 4.69) is 26.0 Å². The van der Waals surface area contributed by atoms with Crippen LogP contribution in [0.15, 0.2) is 77.7 Å². The molecule has 0 aromatic heterocycles. The van der Waals surface area contributed by atoms with Crippen LogP contribution in [0.4, 0.5) is 10.5 Å². The lowest BCUT2D eigenvalue weighted by Gasteiger charge is -2.12. The Morgan fingerprint density at radius 3 is 2.35 bits per heavy atom. The number of amides is 2. The van der Waals surface area contributed by atoms with Crippen LogP contribution in [-0.2, 0) is 17.8 Å². The molecule has 0 bridgehead atoms. The number of imide groups is 1. The molecule has 0 atom stereocenters. The van der Waals surface area contributed by atoms with Gasteiger partial charge in [0.15, 0.2) is 0 Å². The van der Waals surface area contributed by atoms with E-state index in [1.807, 2.05) is 60.7 Å². The van der Waals surface area contributed by atoms with Crippen molar-refractivity contribution in [2.75, 3.05) is 4.90 Å². The van der Waals surface area contributed by atoms with Gasteiger partial charge in [0.2, 0.25) is 0 Å². The molecule has 1 fully saturated rings. The number of rotatable bonds is 6. The van der Waals surface area contributed by atoms with Gasteiger partial charge in [0.05, 0.1) is 10.6 Å². The second-order valence-electron chi connectivity index (χ2n) is 7.38. The number of hydrogen-bond donors (Lipinski definition) is 0. The highest BCUT2D eigenvalue weighted by atomic mass is 32.2. The maximum atomic E-state index is 12.9. The molecule has 156 valence electrons. The first-order chi connectivity index (χ1) is 15.0. The molecule has 31 heavy (non-hydrogen) atoms. The maximum Gasteiger partial charge on any atom is 0.298 e. The van der Waals surface area contributed by atoms with Crippen LogP contribution >= 0.6 is 11.8 Å². The topological polar surface area (TPSA) is 46.6 Å². The molecule has 0 radical (unpaired) electrons. The molecule has 4 nitrogen and oxygen atoms in total. The Kier molecular flexibility index (Phi) is 6.23. The average molecular weight is 430 g/mol. The van der Waals surface area contributed by atoms with E-state index in [1.54, 1.807) is 6.08 Å². The lowest BCUT2D eigenvalue weighted by atomic mass is 10.1. The second kappa shape index (κ2) is 9.23. The molecule has 0 aliphatic carbocycles. The minimum atomic E-state index is -0.301. The van der Waals surface area contributed by atoms with Gasteiger partial charge in [-0.2, -0.15) is 0 Å². The molecule has 3 aromatic carbocycles. The monoisotopic (exact) mass is 429 g/mol. The van der Waals surface area contributed by atoms with Crippen LogP contribution in [-0.4, -0.2) is 11.1 Å². The van der Waals surface area contributed by atoms with Crippen molar-refractivity contribution in [3.05, 3.63) is 100.0 Å². The van der Waals surface area contributed by atoms with Crippen molar-refractivity contribution < 1.29 is 14.3 Å². The van der Waals surface area contributed by atoms with Gasteiger partial charge >= 0.3 is 0 Å². The van der Waals surface area contributed by atoms with Gasteiger partial charge in [0, 0.05) is 0 Å². The average Bonchev–Trinajstić information content (AvgIpc) is 3.06. The highest BCUT2D eigenvalue weighted by molar-refractivity contribution is 8.19. The summed E-state index contributed by atoms with van der Waals surface area (Å²) < 4.78 is 5.90. The number of carbonyl (C=O) groups excluding carboxylic acids is 2. The van der Waals surface area contributed by atoms with Crippen molar-refractivity contribution in [3.8, 4) is 5.75 Å². The van der Waals surface area contributed by atoms with Crippen LogP contribution in [0.2, 0.25) is 0 Å². The maximum absolute atomic E-state index is 12.9. The van der Waals surface area contributed by atoms with Crippen LogP contribution in [0, 0.1) is 6.92 Å². The van der Waals surface area contributed by atoms with E-state index in [0.717, 1.165) is 34.9 Å². The van der Waals surface area contributed by atoms with Crippen LogP contribution in [0.5, 0.6) is 5.75 Å². The number of nitrogens with zero attached hydrogens (tertiary/aromatic N) is 1. The highest BCUT2D eigenvalue weighted by Gasteiger charge is 2.36. The Balaban J connectivity index is 1.49. The van der Waals surface area contributed by atoms with Crippen LogP contribution in [0.1, 0.15) is 29.2 Å². The van der Waals surface area contributed by atoms with E-state index in [0.29, 0.717) is 22.9 Å². The van der Waals surface area contributed by atoms with Crippen molar-refractivity contribution in [1.82, 2.24) is 0 Å². The molecule has 4 rings (SSSR count). The van der Waals surface area contributed by atoms with Crippen LogP contribution in [0.25, 0.3) is 6.08 Å². The van der Waals surface area contributed by atoms with Crippen LogP contribution in [0.3, 0.4) is 0 Å². The first kappa shape index (κ1) is 20.9. The van der Waals surface area contributed by atoms with Crippen molar-refractivity contribution in [2.45, 2.75) is 26.9 Å². The molecule has 1 aliphatic heterocycles. The molecule has 1 aliphatic rings. The first-order valence-electron chi connectivity index (χ1n) is 10.2. The van der Waals surface area contributed by atoms with E-state index in [1.165, 1.54) is 10.5 Å². The van der Waals surface area contributed by atoms with Crippen molar-refractivity contribution in [1.29, 1.82) is 0 Å². The van der Waals surface area contributed by atoms with Gasteiger partial charge in [-0.05, 0) is 72.1 Å². The molecule has 0 unspecified atom stereocenters. The Bertz CT molecular complexity index is 1130. The summed E-state index contributed by atoms with van der Waals surface area (Å²) in [6.45, 7) is 4.58. The van der Waals surface area contributed by atoms with E-state index in [-0.39, 0.29) is 11.1 Å². The predicted molar refractivity (Wildman–Crippen MR) is 126 cm³/mol. The minimum Gasteiger partial charge on any atom is -0.489 e. The number of ether oxygens (including phenoxy) is 1. The predicted octanol–water partition coefficient (Wildman–Crippen LogP) is 6.38. The summed E-state index contributed by atoms with van der Waals surface area (Å²) >= 11 is 0.957. The summed E-state index contributed by atoms with van der Waals surface area (Å²) in [6, 6.07) is 23.2. The number of hydrogen-bond acceptors (Lipinski definition) is 4. The standard InChI is InChI=1S/C26H23NO3S/c1-3-19-11-13-22(14-12-19)27-25(28)24(31-26(27)29)16-21-5-4-6-23(15-21)30-17-20-9-7-18(2)8-10-20/h4-16H,3,17H2,1-2H3/b24-16-. The number of aryl methyl sites for hydroxylation is 2. The summed E-state index contributed by atoms with van der Waals surface area (Å²) in [6.07, 6.45) is 2.65. The zero-order valence-corrected chi connectivity index (χ0v) is 18.3. The number of benzene rings is 3. The fourth-order valence-electron chi connectivity index (χ4n) is 3.27. The normalized spacial score (nSPS) is 15.0. The molecule has 1 saturated heterocycles. The third kappa shape index (κ3) is 4.89. The minimum absolute atomic E-state index is 0.285. The molecule has 3 aromatic rings. The Morgan fingerprint density at radius 2 is 1.65 bits per heavy atom. The smallest absolute Gasteiger partial charge is 0.298 e. The van der Waals surface area contributed by atoms with Gasteiger partial charge in [-0.1, -0.05) is 61.0 Å². The van der Waals surface area contributed by atoms with E-state index in [9.17, 15) is 9.59 Å². The van der Waals surface area contributed by atoms with Gasteiger partial charge in [-0.25, -0.2) is 4.90 Å². The lowest BCUT2D eigenvalue weighted by molar-refractivity contribution is -0.113. The summed E-state index contributed by atoms with van der Waals surface area (Å²) in [5.41, 5.74) is 4.87. The third-order valence-corrected chi connectivity index (χ3v) is 5.95. The summed E-state index contributed by atoms with van der Waals surface area (Å²) in [5.74, 6) is 0.411. The summed E-state index contributed by atoms with van der Waals surface area (Å²) in [4.78, 5) is 27.0. The van der Waals surface area contributed by atoms with E-state index in [4.69, 9.17) is 4.74 Å². The lowest BCUT2D eigenvalue weighted by Crippen LogP contribution is -2.27. The SMILES string of the molecule is CCc1ccc(N2C(=O)S/C(=C\c3cccc(OCc4ccc(C)cc4)c3)C2=O)cc1. The molecule has 0 saturated carbocycles. The fraction of sp³-hybridized carbons (Fsp3) is 0.154. The zero-order chi connectivity index (χ0) is 21.8. The van der Waals surface area contributed by atoms with Gasteiger partial charge < -0.3 is 4.74 Å². The quantitative estimate of drug-likeness (QED) is 0.427. The summed E-state index contributed by atoms with van der Waals surface area (Å²) in [7, 11) is 0. The van der Waals surface area contributed by atoms with Crippen molar-refractivity contribution in [3.63, 3.8) is 0 Å². The number of anilines is 1. The van der Waals surface area contributed by atoms with Gasteiger partial charge in [-0.3, -0.25) is 9.59 Å². The molecular formula is C26H23NO3S. The van der Waals surface area contributed by atoms with E-state index >= 15 is 0 Å². The molecular weight excluding hydrogens is 406 g/mol. The zero-order valence-electron chi connectivity index (χ0n) is 17.5. The first-order valence-corrected chi connectivity index (χ1v) is 11.0. The van der Waals surface area contributed by atoms with Crippen molar-refractivity contribution in [2.24, 2.45) is 0 Å². The van der Waals surface area contributed by atoms with Crippen molar-refractivity contribution >= 4 is 34.7 Å². The van der Waals surface area contributed by atoms with Crippen LogP contribution < -0.4 is 9.64 Å². The largest absolute Gasteiger partial charge is 0.489 e. The molecule has 1 heterocycles. The molecule has 5 heteroatoms. The molecule has 2 amide bonds. The highest BCUT2D eigenvalue weighted by Crippen LogP contribution is 2.36. The fourth-order valence-corrected chi connectivity index (χ4v) is 4.11. The Hall–Kier alpha value is -3.31. The second-order valence-corrected chi connectivity index (χ2v) is 8.38. The van der Waals surface area contributed by atoms with Gasteiger partial charge in [0.25, 0.3) is 11.1 Å². The summed E-state index contributed by atoms with van der Waals surface area (Å²) in [5, 5.41) is -0.285. The Labute approximate surface area is 186 Å². The molecule has 0 N–H and O–H groups in total. The number of thioether (sulfide) groups is 1. The number of carbonyl (C=O) groups is 2. The molecule has 0 spiro atoms.